The highest BCUT2D eigenvalue weighted by molar-refractivity contribution is 5.76. The van der Waals surface area contributed by atoms with Gasteiger partial charge in [-0.05, 0) is 50.3 Å². The van der Waals surface area contributed by atoms with Crippen molar-refractivity contribution in [3.63, 3.8) is 0 Å². The summed E-state index contributed by atoms with van der Waals surface area (Å²) in [6, 6.07) is 10.5. The van der Waals surface area contributed by atoms with Gasteiger partial charge >= 0.3 is 0 Å². The van der Waals surface area contributed by atoms with Crippen LogP contribution in [-0.2, 0) is 4.79 Å². The van der Waals surface area contributed by atoms with E-state index >= 15 is 0 Å². The van der Waals surface area contributed by atoms with Crippen LogP contribution in [0.4, 0.5) is 0 Å². The van der Waals surface area contributed by atoms with E-state index < -0.39 is 0 Å². The SMILES string of the molecule is CC(NC1CCC(C(N)=O)CC1)c1cccc(C#N)c1. The molecule has 1 aliphatic rings. The first kappa shape index (κ1) is 14.5. The van der Waals surface area contributed by atoms with Crippen molar-refractivity contribution in [2.45, 2.75) is 44.7 Å². The third-order valence-corrected chi connectivity index (χ3v) is 4.13. The number of hydrogen-bond acceptors (Lipinski definition) is 3. The van der Waals surface area contributed by atoms with Gasteiger partial charge in [0.1, 0.15) is 0 Å². The quantitative estimate of drug-likeness (QED) is 0.881. The molecular formula is C16H21N3O. The predicted molar refractivity (Wildman–Crippen MR) is 77.6 cm³/mol. The van der Waals surface area contributed by atoms with Gasteiger partial charge < -0.3 is 11.1 Å². The standard InChI is InChI=1S/C16H21N3O/c1-11(14-4-2-3-12(9-14)10-17)19-15-7-5-13(6-8-15)16(18)20/h2-4,9,11,13,15,19H,5-8H2,1H3,(H2,18,20). The van der Waals surface area contributed by atoms with Gasteiger partial charge in [-0.1, -0.05) is 12.1 Å². The van der Waals surface area contributed by atoms with E-state index in [0.29, 0.717) is 11.6 Å². The van der Waals surface area contributed by atoms with Crippen LogP contribution in [0.1, 0.15) is 49.8 Å². The Morgan fingerprint density at radius 1 is 1.40 bits per heavy atom. The average Bonchev–Trinajstić information content (AvgIpc) is 2.47. The fraction of sp³-hybridized carbons (Fsp3) is 0.500. The molecule has 0 radical (unpaired) electrons. The van der Waals surface area contributed by atoms with Gasteiger partial charge in [-0.25, -0.2) is 0 Å². The second-order valence-corrected chi connectivity index (χ2v) is 5.58. The Labute approximate surface area is 120 Å². The van der Waals surface area contributed by atoms with Gasteiger partial charge in [-0.3, -0.25) is 4.79 Å². The lowest BCUT2D eigenvalue weighted by Gasteiger charge is -2.30. The number of nitrogens with two attached hydrogens (primary N) is 1. The van der Waals surface area contributed by atoms with Crippen molar-refractivity contribution >= 4 is 5.91 Å². The van der Waals surface area contributed by atoms with Crippen LogP contribution < -0.4 is 11.1 Å². The van der Waals surface area contributed by atoms with E-state index in [2.05, 4.69) is 18.3 Å². The van der Waals surface area contributed by atoms with E-state index in [1.54, 1.807) is 0 Å². The van der Waals surface area contributed by atoms with Crippen molar-refractivity contribution in [2.75, 3.05) is 0 Å². The minimum absolute atomic E-state index is 0.0465. The number of nitrogens with zero attached hydrogens (tertiary/aromatic N) is 1. The third kappa shape index (κ3) is 3.58. The summed E-state index contributed by atoms with van der Waals surface area (Å²) in [6.45, 7) is 2.11. The van der Waals surface area contributed by atoms with Crippen molar-refractivity contribution in [3.05, 3.63) is 35.4 Å². The lowest BCUT2D eigenvalue weighted by Crippen LogP contribution is -2.37. The number of benzene rings is 1. The molecule has 0 saturated heterocycles. The van der Waals surface area contributed by atoms with Crippen LogP contribution >= 0.6 is 0 Å². The molecule has 1 fully saturated rings. The van der Waals surface area contributed by atoms with Crippen molar-refractivity contribution < 1.29 is 4.79 Å². The zero-order valence-electron chi connectivity index (χ0n) is 11.8. The number of carbonyl (C=O) groups is 1. The molecule has 1 atom stereocenters. The Morgan fingerprint density at radius 3 is 2.70 bits per heavy atom. The van der Waals surface area contributed by atoms with Crippen LogP contribution in [0.25, 0.3) is 0 Å². The second kappa shape index (κ2) is 6.53. The number of amides is 1. The van der Waals surface area contributed by atoms with Gasteiger partial charge in [0, 0.05) is 18.0 Å². The Hall–Kier alpha value is -1.86. The average molecular weight is 271 g/mol. The Bertz CT molecular complexity index is 513. The zero-order chi connectivity index (χ0) is 14.5. The lowest BCUT2D eigenvalue weighted by molar-refractivity contribution is -0.122. The number of carbonyl (C=O) groups excluding carboxylic acids is 1. The lowest BCUT2D eigenvalue weighted by atomic mass is 9.85. The van der Waals surface area contributed by atoms with Crippen LogP contribution in [-0.4, -0.2) is 11.9 Å². The fourth-order valence-corrected chi connectivity index (χ4v) is 2.87. The molecule has 0 spiro atoms. The van der Waals surface area contributed by atoms with Crippen LogP contribution in [0.3, 0.4) is 0 Å². The maximum absolute atomic E-state index is 11.1. The number of rotatable bonds is 4. The summed E-state index contributed by atoms with van der Waals surface area (Å²) in [7, 11) is 0. The molecular weight excluding hydrogens is 250 g/mol. The number of primary amides is 1. The summed E-state index contributed by atoms with van der Waals surface area (Å²) in [5.74, 6) is -0.122. The molecule has 1 aliphatic carbocycles. The van der Waals surface area contributed by atoms with Crippen molar-refractivity contribution in [3.8, 4) is 6.07 Å². The van der Waals surface area contributed by atoms with Gasteiger partial charge in [0.15, 0.2) is 0 Å². The summed E-state index contributed by atoms with van der Waals surface area (Å²) in [5, 5.41) is 12.5. The zero-order valence-corrected chi connectivity index (χ0v) is 11.8. The summed E-state index contributed by atoms with van der Waals surface area (Å²) in [4.78, 5) is 11.1. The van der Waals surface area contributed by atoms with Crippen molar-refractivity contribution in [1.29, 1.82) is 5.26 Å². The van der Waals surface area contributed by atoms with Crippen molar-refractivity contribution in [1.82, 2.24) is 5.32 Å². The van der Waals surface area contributed by atoms with Crippen LogP contribution in [0.2, 0.25) is 0 Å². The molecule has 1 aromatic carbocycles. The molecule has 1 unspecified atom stereocenters. The molecule has 4 heteroatoms. The Morgan fingerprint density at radius 2 is 2.10 bits per heavy atom. The van der Waals surface area contributed by atoms with Gasteiger partial charge in [0.25, 0.3) is 0 Å². The minimum atomic E-state index is -0.168. The summed E-state index contributed by atoms with van der Waals surface area (Å²) in [5.41, 5.74) is 7.16. The van der Waals surface area contributed by atoms with Gasteiger partial charge in [0.05, 0.1) is 11.6 Å². The first-order chi connectivity index (χ1) is 9.60. The maximum Gasteiger partial charge on any atom is 0.220 e. The van der Waals surface area contributed by atoms with E-state index in [1.165, 1.54) is 0 Å². The summed E-state index contributed by atoms with van der Waals surface area (Å²) < 4.78 is 0. The molecule has 4 nitrogen and oxygen atoms in total. The van der Waals surface area contributed by atoms with E-state index in [9.17, 15) is 4.79 Å². The van der Waals surface area contributed by atoms with Gasteiger partial charge in [-0.15, -0.1) is 0 Å². The van der Waals surface area contributed by atoms with Crippen LogP contribution in [0.5, 0.6) is 0 Å². The van der Waals surface area contributed by atoms with Crippen LogP contribution in [0, 0.1) is 17.2 Å². The molecule has 1 saturated carbocycles. The van der Waals surface area contributed by atoms with E-state index in [0.717, 1.165) is 31.2 Å². The molecule has 1 amide bonds. The number of nitrogens with one attached hydrogen (secondary N) is 1. The second-order valence-electron chi connectivity index (χ2n) is 5.58. The minimum Gasteiger partial charge on any atom is -0.369 e. The molecule has 106 valence electrons. The molecule has 0 bridgehead atoms. The first-order valence-electron chi connectivity index (χ1n) is 7.15. The van der Waals surface area contributed by atoms with E-state index in [1.807, 2.05) is 24.3 Å². The Kier molecular flexibility index (Phi) is 4.75. The smallest absolute Gasteiger partial charge is 0.220 e. The molecule has 1 aromatic rings. The van der Waals surface area contributed by atoms with Gasteiger partial charge in [0.2, 0.25) is 5.91 Å². The first-order valence-corrected chi connectivity index (χ1v) is 7.15. The summed E-state index contributed by atoms with van der Waals surface area (Å²) >= 11 is 0. The fourth-order valence-electron chi connectivity index (χ4n) is 2.87. The molecule has 20 heavy (non-hydrogen) atoms. The normalized spacial score (nSPS) is 23.8. The highest BCUT2D eigenvalue weighted by Gasteiger charge is 2.25. The number of nitriles is 1. The summed E-state index contributed by atoms with van der Waals surface area (Å²) in [6.07, 6.45) is 3.71. The molecule has 0 aromatic heterocycles. The van der Waals surface area contributed by atoms with Crippen LogP contribution in [0.15, 0.2) is 24.3 Å². The highest BCUT2D eigenvalue weighted by Crippen LogP contribution is 2.26. The predicted octanol–water partition coefficient (Wildman–Crippen LogP) is 2.25. The van der Waals surface area contributed by atoms with E-state index in [-0.39, 0.29) is 17.9 Å². The largest absolute Gasteiger partial charge is 0.369 e. The number of hydrogen-bond donors (Lipinski definition) is 2. The van der Waals surface area contributed by atoms with Gasteiger partial charge in [-0.2, -0.15) is 5.26 Å². The molecule has 2 rings (SSSR count). The topological polar surface area (TPSA) is 78.9 Å². The molecule has 0 aliphatic heterocycles. The third-order valence-electron chi connectivity index (χ3n) is 4.13. The maximum atomic E-state index is 11.1. The highest BCUT2D eigenvalue weighted by atomic mass is 16.1. The molecule has 0 heterocycles. The van der Waals surface area contributed by atoms with Crippen molar-refractivity contribution in [2.24, 2.45) is 11.7 Å². The molecule has 3 N–H and O–H groups in total. The monoisotopic (exact) mass is 271 g/mol. The Balaban J connectivity index is 1.90. The van der Waals surface area contributed by atoms with E-state index in [4.69, 9.17) is 11.0 Å².